The Morgan fingerprint density at radius 3 is 2.73 bits per heavy atom. The lowest BCUT2D eigenvalue weighted by Gasteiger charge is -1.92. The molecule has 0 saturated carbocycles. The topological polar surface area (TPSA) is 53.1 Å². The highest BCUT2D eigenvalue weighted by Gasteiger charge is 2.10. The van der Waals surface area contributed by atoms with E-state index >= 15 is 0 Å². The van der Waals surface area contributed by atoms with Crippen molar-refractivity contribution in [3.63, 3.8) is 0 Å². The molecule has 1 heterocycles. The number of aromatic carboxylic acids is 1. The van der Waals surface area contributed by atoms with E-state index in [0.29, 0.717) is 5.56 Å². The Kier molecular flexibility index (Phi) is 1.98. The Balaban J connectivity index is 3.12. The molecule has 60 valence electrons. The molecule has 0 bridgehead atoms. The van der Waals surface area contributed by atoms with Gasteiger partial charge in [-0.3, -0.25) is 0 Å². The van der Waals surface area contributed by atoms with Crippen molar-refractivity contribution >= 4 is 5.97 Å². The lowest BCUT2D eigenvalue weighted by atomic mass is 10.2. The lowest BCUT2D eigenvalue weighted by Crippen LogP contribution is -1.98. The van der Waals surface area contributed by atoms with Crippen LogP contribution in [0.2, 0.25) is 0 Å². The highest BCUT2D eigenvalue weighted by Crippen LogP contribution is 2.10. The fraction of sp³-hybridized carbons (Fsp3) is 0.375. The van der Waals surface area contributed by atoms with Crippen LogP contribution in [0.1, 0.15) is 28.7 Å². The molecule has 0 spiro atoms. The molecule has 1 aromatic rings. The Morgan fingerprint density at radius 2 is 2.36 bits per heavy atom. The summed E-state index contributed by atoms with van der Waals surface area (Å²) < 4.78 is 0. The predicted molar refractivity (Wildman–Crippen MR) is 41.9 cm³/mol. The molecular formula is C8H11NO2. The average Bonchev–Trinajstić information content (AvgIpc) is 2.30. The zero-order valence-corrected chi connectivity index (χ0v) is 6.64. The summed E-state index contributed by atoms with van der Waals surface area (Å²) in [5, 5.41) is 8.69. The van der Waals surface area contributed by atoms with E-state index in [4.69, 9.17) is 5.11 Å². The number of carboxylic acid groups (broad SMARTS) is 1. The van der Waals surface area contributed by atoms with Crippen molar-refractivity contribution in [2.24, 2.45) is 0 Å². The summed E-state index contributed by atoms with van der Waals surface area (Å²) in [5.74, 6) is -0.855. The highest BCUT2D eigenvalue weighted by molar-refractivity contribution is 5.89. The van der Waals surface area contributed by atoms with E-state index in [9.17, 15) is 4.79 Å². The van der Waals surface area contributed by atoms with Gasteiger partial charge in [-0.25, -0.2) is 4.79 Å². The molecule has 0 unspecified atom stereocenters. The maximum absolute atomic E-state index is 10.6. The first-order chi connectivity index (χ1) is 5.15. The molecule has 1 rings (SSSR count). The lowest BCUT2D eigenvalue weighted by molar-refractivity contribution is 0.0696. The van der Waals surface area contributed by atoms with Gasteiger partial charge in [-0.05, 0) is 19.4 Å². The summed E-state index contributed by atoms with van der Waals surface area (Å²) in [7, 11) is 0. The highest BCUT2D eigenvalue weighted by atomic mass is 16.4. The molecule has 0 atom stereocenters. The minimum Gasteiger partial charge on any atom is -0.478 e. The molecule has 3 nitrogen and oxygen atoms in total. The zero-order chi connectivity index (χ0) is 8.43. The van der Waals surface area contributed by atoms with Gasteiger partial charge in [-0.2, -0.15) is 0 Å². The van der Waals surface area contributed by atoms with Crippen molar-refractivity contribution in [1.82, 2.24) is 4.98 Å². The van der Waals surface area contributed by atoms with E-state index in [1.165, 1.54) is 0 Å². The van der Waals surface area contributed by atoms with E-state index < -0.39 is 5.97 Å². The van der Waals surface area contributed by atoms with Crippen molar-refractivity contribution in [2.45, 2.75) is 20.3 Å². The Hall–Kier alpha value is -1.25. The van der Waals surface area contributed by atoms with E-state index in [1.54, 1.807) is 6.07 Å². The van der Waals surface area contributed by atoms with Crippen LogP contribution in [0.5, 0.6) is 0 Å². The summed E-state index contributed by atoms with van der Waals surface area (Å²) in [6, 6.07) is 1.65. The number of aromatic amines is 1. The smallest absolute Gasteiger partial charge is 0.337 e. The minimum atomic E-state index is -0.855. The molecule has 0 amide bonds. The fourth-order valence-corrected chi connectivity index (χ4v) is 1.11. The van der Waals surface area contributed by atoms with Crippen molar-refractivity contribution in [2.75, 3.05) is 0 Å². The monoisotopic (exact) mass is 153 g/mol. The number of aryl methyl sites for hydroxylation is 2. The van der Waals surface area contributed by atoms with Gasteiger partial charge in [0.2, 0.25) is 0 Å². The first-order valence-corrected chi connectivity index (χ1v) is 3.57. The SMILES string of the molecule is CCc1[nH]c(C)cc1C(=O)O. The van der Waals surface area contributed by atoms with E-state index in [0.717, 1.165) is 17.8 Å². The maximum Gasteiger partial charge on any atom is 0.337 e. The number of carboxylic acids is 1. The minimum absolute atomic E-state index is 0.394. The molecule has 0 fully saturated rings. The van der Waals surface area contributed by atoms with Crippen molar-refractivity contribution in [3.8, 4) is 0 Å². The number of aromatic nitrogens is 1. The normalized spacial score (nSPS) is 10.0. The molecule has 0 aliphatic heterocycles. The molecule has 11 heavy (non-hydrogen) atoms. The molecule has 0 aromatic carbocycles. The van der Waals surface area contributed by atoms with Gasteiger partial charge < -0.3 is 10.1 Å². The number of hydrogen-bond acceptors (Lipinski definition) is 1. The number of hydrogen-bond donors (Lipinski definition) is 2. The summed E-state index contributed by atoms with van der Waals surface area (Å²) in [6.45, 7) is 3.78. The van der Waals surface area contributed by atoms with Gasteiger partial charge in [0.25, 0.3) is 0 Å². The molecule has 0 aliphatic rings. The molecule has 3 heteroatoms. The van der Waals surface area contributed by atoms with Crippen molar-refractivity contribution in [1.29, 1.82) is 0 Å². The van der Waals surface area contributed by atoms with Crippen LogP contribution in [-0.4, -0.2) is 16.1 Å². The standard InChI is InChI=1S/C8H11NO2/c1-3-7-6(8(10)11)4-5(2)9-7/h4,9H,3H2,1-2H3,(H,10,11). The molecule has 0 saturated heterocycles. The second kappa shape index (κ2) is 2.78. The van der Waals surface area contributed by atoms with Gasteiger partial charge in [0.05, 0.1) is 5.56 Å². The van der Waals surface area contributed by atoms with Crippen LogP contribution in [-0.2, 0) is 6.42 Å². The number of nitrogens with one attached hydrogen (secondary N) is 1. The van der Waals surface area contributed by atoms with Crippen molar-refractivity contribution in [3.05, 3.63) is 23.0 Å². The van der Waals surface area contributed by atoms with Gasteiger partial charge in [-0.1, -0.05) is 6.92 Å². The molecule has 0 radical (unpaired) electrons. The molecular weight excluding hydrogens is 142 g/mol. The summed E-state index contributed by atoms with van der Waals surface area (Å²) in [4.78, 5) is 13.6. The Morgan fingerprint density at radius 1 is 1.73 bits per heavy atom. The first kappa shape index (κ1) is 7.85. The second-order valence-corrected chi connectivity index (χ2v) is 2.50. The van der Waals surface area contributed by atoms with Gasteiger partial charge in [0.15, 0.2) is 0 Å². The quantitative estimate of drug-likeness (QED) is 0.677. The third-order valence-electron chi connectivity index (χ3n) is 1.62. The third kappa shape index (κ3) is 1.42. The molecule has 2 N–H and O–H groups in total. The van der Waals surface area contributed by atoms with Crippen LogP contribution in [0, 0.1) is 6.92 Å². The van der Waals surface area contributed by atoms with Crippen LogP contribution < -0.4 is 0 Å². The van der Waals surface area contributed by atoms with Crippen molar-refractivity contribution < 1.29 is 9.90 Å². The van der Waals surface area contributed by atoms with Crippen LogP contribution in [0.3, 0.4) is 0 Å². The zero-order valence-electron chi connectivity index (χ0n) is 6.64. The van der Waals surface area contributed by atoms with Crippen LogP contribution in [0.25, 0.3) is 0 Å². The van der Waals surface area contributed by atoms with E-state index in [-0.39, 0.29) is 0 Å². The van der Waals surface area contributed by atoms with E-state index in [1.807, 2.05) is 13.8 Å². The molecule has 0 aliphatic carbocycles. The van der Waals surface area contributed by atoms with Crippen LogP contribution in [0.4, 0.5) is 0 Å². The van der Waals surface area contributed by atoms with Gasteiger partial charge in [0, 0.05) is 11.4 Å². The Labute approximate surface area is 65.1 Å². The maximum atomic E-state index is 10.6. The molecule has 1 aromatic heterocycles. The second-order valence-electron chi connectivity index (χ2n) is 2.50. The van der Waals surface area contributed by atoms with Crippen LogP contribution >= 0.6 is 0 Å². The largest absolute Gasteiger partial charge is 0.478 e. The number of rotatable bonds is 2. The van der Waals surface area contributed by atoms with Gasteiger partial charge >= 0.3 is 5.97 Å². The van der Waals surface area contributed by atoms with Gasteiger partial charge in [-0.15, -0.1) is 0 Å². The van der Waals surface area contributed by atoms with E-state index in [2.05, 4.69) is 4.98 Å². The first-order valence-electron chi connectivity index (χ1n) is 3.57. The Bertz CT molecular complexity index is 276. The third-order valence-corrected chi connectivity index (χ3v) is 1.62. The summed E-state index contributed by atoms with van der Waals surface area (Å²) in [5.41, 5.74) is 2.10. The number of H-pyrrole nitrogens is 1. The van der Waals surface area contributed by atoms with Gasteiger partial charge in [0.1, 0.15) is 0 Å². The number of carbonyl (C=O) groups is 1. The van der Waals surface area contributed by atoms with Crippen LogP contribution in [0.15, 0.2) is 6.07 Å². The predicted octanol–water partition coefficient (Wildman–Crippen LogP) is 1.58. The average molecular weight is 153 g/mol. The summed E-state index contributed by atoms with van der Waals surface area (Å²) in [6.07, 6.45) is 0.732. The fourth-order valence-electron chi connectivity index (χ4n) is 1.11. The summed E-state index contributed by atoms with van der Waals surface area (Å²) >= 11 is 0.